The van der Waals surface area contributed by atoms with Crippen LogP contribution in [-0.2, 0) is 9.59 Å². The first-order valence-electron chi connectivity index (χ1n) is 11.3. The standard InChI is InChI=1S/C24H34N2O3/c1-17(2)23(27)25-12-10-18(11-13-25)22-15-26(24(28)19-8-9-19)14-20(22)16-29-21-6-4-3-5-7-21/h3-7,17-20,22H,8-16H2,1-2H3/t20-,22-/m0/s1. The largest absolute Gasteiger partial charge is 0.493 e. The van der Waals surface area contributed by atoms with Gasteiger partial charge in [-0.2, -0.15) is 0 Å². The van der Waals surface area contributed by atoms with Gasteiger partial charge < -0.3 is 14.5 Å². The number of hydrogen-bond donors (Lipinski definition) is 0. The van der Waals surface area contributed by atoms with Gasteiger partial charge in [0.1, 0.15) is 5.75 Å². The van der Waals surface area contributed by atoms with Crippen molar-refractivity contribution >= 4 is 11.8 Å². The predicted octanol–water partition coefficient (Wildman–Crippen LogP) is 3.44. The summed E-state index contributed by atoms with van der Waals surface area (Å²) in [6.07, 6.45) is 4.19. The zero-order chi connectivity index (χ0) is 20.4. The van der Waals surface area contributed by atoms with E-state index in [1.807, 2.05) is 49.1 Å². The van der Waals surface area contributed by atoms with E-state index in [2.05, 4.69) is 4.90 Å². The Hall–Kier alpha value is -2.04. The molecule has 0 radical (unpaired) electrons. The van der Waals surface area contributed by atoms with Crippen molar-refractivity contribution in [3.63, 3.8) is 0 Å². The molecule has 1 aromatic rings. The summed E-state index contributed by atoms with van der Waals surface area (Å²) in [6.45, 7) is 7.99. The highest BCUT2D eigenvalue weighted by Gasteiger charge is 2.44. The van der Waals surface area contributed by atoms with Crippen molar-refractivity contribution in [2.24, 2.45) is 29.6 Å². The highest BCUT2D eigenvalue weighted by atomic mass is 16.5. The van der Waals surface area contributed by atoms with Crippen LogP contribution in [-0.4, -0.2) is 54.4 Å². The Morgan fingerprint density at radius 3 is 2.31 bits per heavy atom. The van der Waals surface area contributed by atoms with Crippen molar-refractivity contribution < 1.29 is 14.3 Å². The fraction of sp³-hybridized carbons (Fsp3) is 0.667. The molecule has 2 heterocycles. The highest BCUT2D eigenvalue weighted by molar-refractivity contribution is 5.81. The molecule has 5 nitrogen and oxygen atoms in total. The average molecular weight is 399 g/mol. The number of benzene rings is 1. The van der Waals surface area contributed by atoms with E-state index in [4.69, 9.17) is 4.74 Å². The molecular weight excluding hydrogens is 364 g/mol. The van der Waals surface area contributed by atoms with Crippen LogP contribution in [0, 0.1) is 29.6 Å². The molecule has 0 spiro atoms. The van der Waals surface area contributed by atoms with Crippen molar-refractivity contribution in [2.45, 2.75) is 39.5 Å². The summed E-state index contributed by atoms with van der Waals surface area (Å²) in [5.74, 6) is 3.26. The molecule has 0 unspecified atom stereocenters. The number of carbonyl (C=O) groups excluding carboxylic acids is 2. The van der Waals surface area contributed by atoms with Crippen molar-refractivity contribution in [1.29, 1.82) is 0 Å². The number of piperidine rings is 1. The topological polar surface area (TPSA) is 49.9 Å². The second kappa shape index (κ2) is 8.76. The van der Waals surface area contributed by atoms with Crippen LogP contribution >= 0.6 is 0 Å². The second-order valence-corrected chi connectivity index (χ2v) is 9.38. The molecular formula is C24H34N2O3. The zero-order valence-corrected chi connectivity index (χ0v) is 17.8. The third-order valence-electron chi connectivity index (χ3n) is 6.89. The molecule has 0 aromatic heterocycles. The fourth-order valence-electron chi connectivity index (χ4n) is 5.01. The first-order valence-corrected chi connectivity index (χ1v) is 11.3. The normalized spacial score (nSPS) is 25.5. The van der Waals surface area contributed by atoms with Crippen molar-refractivity contribution in [3.8, 4) is 5.75 Å². The Morgan fingerprint density at radius 2 is 1.69 bits per heavy atom. The summed E-state index contributed by atoms with van der Waals surface area (Å²) in [7, 11) is 0. The Labute approximate surface area is 174 Å². The van der Waals surface area contributed by atoms with E-state index < -0.39 is 0 Å². The van der Waals surface area contributed by atoms with Gasteiger partial charge in [0, 0.05) is 43.9 Å². The van der Waals surface area contributed by atoms with Gasteiger partial charge in [0.2, 0.25) is 11.8 Å². The monoisotopic (exact) mass is 398 g/mol. The Balaban J connectivity index is 1.39. The fourth-order valence-corrected chi connectivity index (χ4v) is 5.01. The van der Waals surface area contributed by atoms with Crippen LogP contribution in [0.3, 0.4) is 0 Å². The maximum absolute atomic E-state index is 12.7. The second-order valence-electron chi connectivity index (χ2n) is 9.38. The molecule has 2 aliphatic heterocycles. The number of amides is 2. The molecule has 29 heavy (non-hydrogen) atoms. The minimum Gasteiger partial charge on any atom is -0.493 e. The summed E-state index contributed by atoms with van der Waals surface area (Å²) in [6, 6.07) is 9.96. The molecule has 158 valence electrons. The number of rotatable bonds is 6. The molecule has 2 amide bonds. The van der Waals surface area contributed by atoms with E-state index in [0.29, 0.717) is 30.3 Å². The van der Waals surface area contributed by atoms with Gasteiger partial charge in [0.25, 0.3) is 0 Å². The van der Waals surface area contributed by atoms with Gasteiger partial charge in [-0.25, -0.2) is 0 Å². The molecule has 0 bridgehead atoms. The number of para-hydroxylation sites is 1. The van der Waals surface area contributed by atoms with Crippen LogP contribution in [0.4, 0.5) is 0 Å². The lowest BCUT2D eigenvalue weighted by atomic mass is 9.78. The van der Waals surface area contributed by atoms with E-state index in [9.17, 15) is 9.59 Å². The molecule has 1 aliphatic carbocycles. The van der Waals surface area contributed by atoms with Gasteiger partial charge in [-0.1, -0.05) is 32.0 Å². The quantitative estimate of drug-likeness (QED) is 0.738. The van der Waals surface area contributed by atoms with Gasteiger partial charge in [-0.05, 0) is 49.7 Å². The lowest BCUT2D eigenvalue weighted by Crippen LogP contribution is -2.43. The van der Waals surface area contributed by atoms with Crippen LogP contribution in [0.2, 0.25) is 0 Å². The van der Waals surface area contributed by atoms with Gasteiger partial charge in [0.15, 0.2) is 0 Å². The van der Waals surface area contributed by atoms with E-state index in [1.165, 1.54) is 0 Å². The predicted molar refractivity (Wildman–Crippen MR) is 112 cm³/mol. The van der Waals surface area contributed by atoms with Crippen LogP contribution < -0.4 is 4.74 Å². The molecule has 3 fully saturated rings. The highest BCUT2D eigenvalue weighted by Crippen LogP contribution is 2.39. The van der Waals surface area contributed by atoms with Crippen LogP contribution in [0.5, 0.6) is 5.75 Å². The summed E-state index contributed by atoms with van der Waals surface area (Å²) in [5, 5.41) is 0. The minimum absolute atomic E-state index is 0.0664. The van der Waals surface area contributed by atoms with Crippen LogP contribution in [0.25, 0.3) is 0 Å². The number of carbonyl (C=O) groups is 2. The SMILES string of the molecule is CC(C)C(=O)N1CCC([C@@H]2CN(C(=O)C3CC3)C[C@H]2COc2ccccc2)CC1. The maximum atomic E-state index is 12.7. The first kappa shape index (κ1) is 20.2. The molecule has 0 N–H and O–H groups in total. The Kier molecular flexibility index (Phi) is 6.12. The zero-order valence-electron chi connectivity index (χ0n) is 17.8. The van der Waals surface area contributed by atoms with E-state index >= 15 is 0 Å². The van der Waals surface area contributed by atoms with E-state index in [0.717, 1.165) is 57.6 Å². The van der Waals surface area contributed by atoms with E-state index in [1.54, 1.807) is 0 Å². The van der Waals surface area contributed by atoms with Gasteiger partial charge in [-0.15, -0.1) is 0 Å². The summed E-state index contributed by atoms with van der Waals surface area (Å²) >= 11 is 0. The van der Waals surface area contributed by atoms with E-state index in [-0.39, 0.29) is 17.7 Å². The van der Waals surface area contributed by atoms with Crippen LogP contribution in [0.15, 0.2) is 30.3 Å². The lowest BCUT2D eigenvalue weighted by Gasteiger charge is -2.37. The molecule has 5 heteroatoms. The molecule has 2 atom stereocenters. The number of likely N-dealkylation sites (tertiary alicyclic amines) is 2. The number of ether oxygens (including phenoxy) is 1. The third-order valence-corrected chi connectivity index (χ3v) is 6.89. The van der Waals surface area contributed by atoms with Crippen LogP contribution in [0.1, 0.15) is 39.5 Å². The summed E-state index contributed by atoms with van der Waals surface area (Å²) in [4.78, 5) is 29.2. The van der Waals surface area contributed by atoms with Crippen molar-refractivity contribution in [3.05, 3.63) is 30.3 Å². The molecule has 4 rings (SSSR count). The Bertz CT molecular complexity index is 708. The van der Waals surface area contributed by atoms with Gasteiger partial charge in [-0.3, -0.25) is 9.59 Å². The smallest absolute Gasteiger partial charge is 0.225 e. The average Bonchev–Trinajstić information content (AvgIpc) is 3.51. The third kappa shape index (κ3) is 4.76. The number of nitrogens with zero attached hydrogens (tertiary/aromatic N) is 2. The summed E-state index contributed by atoms with van der Waals surface area (Å²) < 4.78 is 6.10. The molecule has 3 aliphatic rings. The minimum atomic E-state index is 0.0664. The Morgan fingerprint density at radius 1 is 1.00 bits per heavy atom. The molecule has 2 saturated heterocycles. The molecule has 1 aromatic carbocycles. The van der Waals surface area contributed by atoms with Gasteiger partial charge >= 0.3 is 0 Å². The lowest BCUT2D eigenvalue weighted by molar-refractivity contribution is -0.136. The van der Waals surface area contributed by atoms with Crippen molar-refractivity contribution in [1.82, 2.24) is 9.80 Å². The first-order chi connectivity index (χ1) is 14.0. The molecule has 1 saturated carbocycles. The van der Waals surface area contributed by atoms with Gasteiger partial charge in [0.05, 0.1) is 6.61 Å². The maximum Gasteiger partial charge on any atom is 0.225 e. The van der Waals surface area contributed by atoms with Crippen molar-refractivity contribution in [2.75, 3.05) is 32.8 Å². The number of hydrogen-bond acceptors (Lipinski definition) is 3. The summed E-state index contributed by atoms with van der Waals surface area (Å²) in [5.41, 5.74) is 0.